The molecule has 1 amide bonds. The quantitative estimate of drug-likeness (QED) is 0.450. The molecule has 156 valence electrons. The van der Waals surface area contributed by atoms with E-state index in [2.05, 4.69) is 15.6 Å². The molecule has 0 aliphatic rings. The highest BCUT2D eigenvalue weighted by atomic mass is 16.2. The van der Waals surface area contributed by atoms with E-state index in [4.69, 9.17) is 5.10 Å². The third-order valence-corrected chi connectivity index (χ3v) is 5.04. The van der Waals surface area contributed by atoms with Crippen LogP contribution in [0.15, 0.2) is 103 Å². The second kappa shape index (κ2) is 8.69. The van der Waals surface area contributed by atoms with E-state index in [-0.39, 0.29) is 11.6 Å². The summed E-state index contributed by atoms with van der Waals surface area (Å²) in [6.07, 6.45) is 3.56. The lowest BCUT2D eigenvalue weighted by atomic mass is 10.1. The van der Waals surface area contributed by atoms with Crippen molar-refractivity contribution in [2.45, 2.75) is 6.54 Å². The fourth-order valence-electron chi connectivity index (χ4n) is 3.43. The van der Waals surface area contributed by atoms with Crippen LogP contribution < -0.4 is 5.32 Å². The van der Waals surface area contributed by atoms with Gasteiger partial charge in [-0.15, -0.1) is 5.10 Å². The van der Waals surface area contributed by atoms with Gasteiger partial charge in [0.25, 0.3) is 5.91 Å². The SMILES string of the molecule is O=C(NCc1cn(-c2ccccc2)nc1-c1ccccc1)c1cn(-c2ccccc2)nn1. The molecule has 7 heteroatoms. The molecule has 0 aliphatic heterocycles. The average molecular weight is 420 g/mol. The summed E-state index contributed by atoms with van der Waals surface area (Å²) in [6, 6.07) is 29.4. The van der Waals surface area contributed by atoms with Gasteiger partial charge in [0.2, 0.25) is 0 Å². The van der Waals surface area contributed by atoms with E-state index in [9.17, 15) is 4.79 Å². The first kappa shape index (κ1) is 19.4. The van der Waals surface area contributed by atoms with Gasteiger partial charge >= 0.3 is 0 Å². The maximum Gasteiger partial charge on any atom is 0.273 e. The van der Waals surface area contributed by atoms with E-state index in [1.54, 1.807) is 10.9 Å². The van der Waals surface area contributed by atoms with Crippen molar-refractivity contribution in [2.24, 2.45) is 0 Å². The van der Waals surface area contributed by atoms with Gasteiger partial charge in [-0.1, -0.05) is 71.9 Å². The Morgan fingerprint density at radius 2 is 1.34 bits per heavy atom. The molecule has 5 aromatic rings. The van der Waals surface area contributed by atoms with Crippen LogP contribution in [0.25, 0.3) is 22.6 Å². The fourth-order valence-corrected chi connectivity index (χ4v) is 3.43. The number of carbonyl (C=O) groups excluding carboxylic acids is 1. The molecule has 1 N–H and O–H groups in total. The molecule has 0 spiro atoms. The highest BCUT2D eigenvalue weighted by Crippen LogP contribution is 2.23. The van der Waals surface area contributed by atoms with Crippen molar-refractivity contribution >= 4 is 5.91 Å². The molecule has 0 saturated carbocycles. The lowest BCUT2D eigenvalue weighted by Gasteiger charge is -2.04. The summed E-state index contributed by atoms with van der Waals surface area (Å²) in [7, 11) is 0. The number of para-hydroxylation sites is 2. The standard InChI is InChI=1S/C25H20N6O/c32-25(23-18-31(29-27-23)22-14-8-3-9-15-22)26-16-20-17-30(21-12-6-2-7-13-21)28-24(20)19-10-4-1-5-11-19/h1-15,17-18H,16H2,(H,26,32). The van der Waals surface area contributed by atoms with Crippen molar-refractivity contribution < 1.29 is 4.79 Å². The minimum Gasteiger partial charge on any atom is -0.346 e. The summed E-state index contributed by atoms with van der Waals surface area (Å²) in [5, 5.41) is 15.8. The van der Waals surface area contributed by atoms with E-state index in [0.29, 0.717) is 6.54 Å². The monoisotopic (exact) mass is 420 g/mol. The first-order valence-electron chi connectivity index (χ1n) is 10.2. The molecule has 2 aromatic heterocycles. The predicted octanol–water partition coefficient (Wildman–Crippen LogP) is 4.05. The number of hydrogen-bond donors (Lipinski definition) is 1. The Morgan fingerprint density at radius 3 is 2.00 bits per heavy atom. The predicted molar refractivity (Wildman–Crippen MR) is 122 cm³/mol. The van der Waals surface area contributed by atoms with Gasteiger partial charge in [0, 0.05) is 23.9 Å². The Labute approximate surface area is 185 Å². The number of nitrogens with one attached hydrogen (secondary N) is 1. The maximum atomic E-state index is 12.7. The van der Waals surface area contributed by atoms with Crippen LogP contribution in [-0.4, -0.2) is 30.7 Å². The normalized spacial score (nSPS) is 10.8. The van der Waals surface area contributed by atoms with Gasteiger partial charge in [0.1, 0.15) is 0 Å². The minimum absolute atomic E-state index is 0.255. The fraction of sp³-hybridized carbons (Fsp3) is 0.0400. The molecule has 0 unspecified atom stereocenters. The van der Waals surface area contributed by atoms with Crippen LogP contribution in [-0.2, 0) is 6.54 Å². The second-order valence-corrected chi connectivity index (χ2v) is 7.22. The summed E-state index contributed by atoms with van der Waals surface area (Å²) in [5.74, 6) is -0.293. The van der Waals surface area contributed by atoms with Crippen LogP contribution in [0, 0.1) is 0 Å². The molecule has 2 heterocycles. The molecule has 5 rings (SSSR count). The number of nitrogens with zero attached hydrogens (tertiary/aromatic N) is 5. The van der Waals surface area contributed by atoms with E-state index >= 15 is 0 Å². The molecule has 0 atom stereocenters. The molecule has 0 aliphatic carbocycles. The van der Waals surface area contributed by atoms with Crippen LogP contribution in [0.4, 0.5) is 0 Å². The van der Waals surface area contributed by atoms with Gasteiger partial charge < -0.3 is 5.32 Å². The molecule has 0 radical (unpaired) electrons. The summed E-state index contributed by atoms with van der Waals surface area (Å²) >= 11 is 0. The topological polar surface area (TPSA) is 77.6 Å². The van der Waals surface area contributed by atoms with E-state index in [0.717, 1.165) is 28.2 Å². The Hall–Kier alpha value is -4.52. The van der Waals surface area contributed by atoms with Crippen molar-refractivity contribution in [3.63, 3.8) is 0 Å². The third kappa shape index (κ3) is 4.04. The maximum absolute atomic E-state index is 12.7. The van der Waals surface area contributed by atoms with Crippen molar-refractivity contribution in [1.29, 1.82) is 0 Å². The first-order valence-corrected chi connectivity index (χ1v) is 10.2. The van der Waals surface area contributed by atoms with Crippen LogP contribution in [0.3, 0.4) is 0 Å². The summed E-state index contributed by atoms with van der Waals surface area (Å²) in [6.45, 7) is 0.314. The number of hydrogen-bond acceptors (Lipinski definition) is 4. The lowest BCUT2D eigenvalue weighted by Crippen LogP contribution is -2.23. The van der Waals surface area contributed by atoms with Gasteiger partial charge in [-0.25, -0.2) is 9.36 Å². The first-order chi connectivity index (χ1) is 15.8. The summed E-state index contributed by atoms with van der Waals surface area (Å²) < 4.78 is 3.41. The van der Waals surface area contributed by atoms with Crippen molar-refractivity contribution in [2.75, 3.05) is 0 Å². The lowest BCUT2D eigenvalue weighted by molar-refractivity contribution is 0.0946. The van der Waals surface area contributed by atoms with Gasteiger partial charge in [-0.2, -0.15) is 5.10 Å². The molecular formula is C25H20N6O. The second-order valence-electron chi connectivity index (χ2n) is 7.22. The Morgan fingerprint density at radius 1 is 0.750 bits per heavy atom. The van der Waals surface area contributed by atoms with Gasteiger partial charge in [0.05, 0.1) is 23.3 Å². The van der Waals surface area contributed by atoms with Crippen LogP contribution in [0.5, 0.6) is 0 Å². The smallest absolute Gasteiger partial charge is 0.273 e. The zero-order valence-electron chi connectivity index (χ0n) is 17.2. The molecule has 7 nitrogen and oxygen atoms in total. The Kier molecular flexibility index (Phi) is 5.28. The molecular weight excluding hydrogens is 400 g/mol. The number of amides is 1. The largest absolute Gasteiger partial charge is 0.346 e. The van der Waals surface area contributed by atoms with Crippen molar-refractivity contribution in [3.05, 3.63) is 115 Å². The number of carbonyl (C=O) groups is 1. The molecule has 0 fully saturated rings. The summed E-state index contributed by atoms with van der Waals surface area (Å²) in [5.41, 5.74) is 4.76. The number of benzene rings is 3. The number of rotatable bonds is 6. The number of aromatic nitrogens is 5. The van der Waals surface area contributed by atoms with Crippen molar-refractivity contribution in [1.82, 2.24) is 30.1 Å². The molecule has 0 bridgehead atoms. The van der Waals surface area contributed by atoms with Crippen LogP contribution in [0.2, 0.25) is 0 Å². The molecule has 3 aromatic carbocycles. The zero-order chi connectivity index (χ0) is 21.8. The van der Waals surface area contributed by atoms with E-state index < -0.39 is 0 Å². The highest BCUT2D eigenvalue weighted by Gasteiger charge is 2.16. The average Bonchev–Trinajstić information content (AvgIpc) is 3.52. The highest BCUT2D eigenvalue weighted by molar-refractivity contribution is 5.92. The molecule has 0 saturated heterocycles. The van der Waals surface area contributed by atoms with Crippen LogP contribution in [0.1, 0.15) is 16.1 Å². The van der Waals surface area contributed by atoms with Crippen LogP contribution >= 0.6 is 0 Å². The van der Waals surface area contributed by atoms with E-state index in [1.807, 2.05) is 102 Å². The summed E-state index contributed by atoms with van der Waals surface area (Å²) in [4.78, 5) is 12.7. The Bertz CT molecular complexity index is 1330. The van der Waals surface area contributed by atoms with E-state index in [1.165, 1.54) is 0 Å². The van der Waals surface area contributed by atoms with Crippen molar-refractivity contribution in [3.8, 4) is 22.6 Å². The van der Waals surface area contributed by atoms with Gasteiger partial charge in [0.15, 0.2) is 5.69 Å². The minimum atomic E-state index is -0.293. The Balaban J connectivity index is 1.38. The van der Waals surface area contributed by atoms with Gasteiger partial charge in [-0.3, -0.25) is 4.79 Å². The molecule has 32 heavy (non-hydrogen) atoms. The van der Waals surface area contributed by atoms with Gasteiger partial charge in [-0.05, 0) is 24.3 Å². The zero-order valence-corrected chi connectivity index (χ0v) is 17.2. The third-order valence-electron chi connectivity index (χ3n) is 5.04.